The topological polar surface area (TPSA) is 52.7 Å². The largest absolute Gasteiger partial charge is 0.334 e. The maximum Gasteiger partial charge on any atom is 0.243 e. The first-order chi connectivity index (χ1) is 10.8. The number of nitrogens with one attached hydrogen (secondary N) is 1. The maximum absolute atomic E-state index is 12.1. The van der Waals surface area contributed by atoms with Crippen LogP contribution in [0.25, 0.3) is 0 Å². The molecule has 1 aromatic carbocycles. The average Bonchev–Trinajstić information content (AvgIpc) is 2.46. The minimum absolute atomic E-state index is 0.0749. The van der Waals surface area contributed by atoms with Crippen LogP contribution in [0.5, 0.6) is 0 Å². The molecule has 0 aliphatic heterocycles. The van der Waals surface area contributed by atoms with Gasteiger partial charge in [-0.1, -0.05) is 26.0 Å². The van der Waals surface area contributed by atoms with Crippen LogP contribution < -0.4 is 5.32 Å². The zero-order chi connectivity index (χ0) is 17.4. The van der Waals surface area contributed by atoms with Crippen molar-refractivity contribution in [1.82, 2.24) is 9.80 Å². The molecule has 0 heterocycles. The van der Waals surface area contributed by atoms with Crippen LogP contribution >= 0.6 is 0 Å². The molecule has 0 radical (unpaired) electrons. The van der Waals surface area contributed by atoms with E-state index in [9.17, 15) is 9.59 Å². The number of hydrogen-bond acceptors (Lipinski definition) is 3. The van der Waals surface area contributed by atoms with Gasteiger partial charge in [-0.3, -0.25) is 9.59 Å². The van der Waals surface area contributed by atoms with Crippen molar-refractivity contribution in [2.45, 2.75) is 33.1 Å². The van der Waals surface area contributed by atoms with Crippen LogP contribution in [0.15, 0.2) is 24.3 Å². The second kappa shape index (κ2) is 9.30. The normalized spacial score (nSPS) is 10.9. The first-order valence-electron chi connectivity index (χ1n) is 8.09. The third-order valence-corrected chi connectivity index (χ3v) is 3.67. The lowest BCUT2D eigenvalue weighted by atomic mass is 10.0. The number of carbonyl (C=O) groups excluding carboxylic acids is 2. The Labute approximate surface area is 139 Å². The van der Waals surface area contributed by atoms with Crippen molar-refractivity contribution in [2.75, 3.05) is 39.0 Å². The van der Waals surface area contributed by atoms with Gasteiger partial charge in [-0.15, -0.1) is 0 Å². The third kappa shape index (κ3) is 7.28. The van der Waals surface area contributed by atoms with Gasteiger partial charge < -0.3 is 15.1 Å². The highest BCUT2D eigenvalue weighted by atomic mass is 16.2. The van der Waals surface area contributed by atoms with Crippen LogP contribution in [0.3, 0.4) is 0 Å². The first-order valence-corrected chi connectivity index (χ1v) is 8.09. The third-order valence-electron chi connectivity index (χ3n) is 3.67. The number of hydrogen-bond donors (Lipinski definition) is 1. The fraction of sp³-hybridized carbons (Fsp3) is 0.556. The summed E-state index contributed by atoms with van der Waals surface area (Å²) in [5.74, 6) is 0.223. The van der Waals surface area contributed by atoms with Gasteiger partial charge in [-0.25, -0.2) is 0 Å². The van der Waals surface area contributed by atoms with E-state index in [1.807, 2.05) is 38.4 Å². The molecule has 0 atom stereocenters. The molecule has 0 fully saturated rings. The lowest BCUT2D eigenvalue weighted by Crippen LogP contribution is -2.38. The number of anilines is 1. The van der Waals surface area contributed by atoms with Crippen molar-refractivity contribution in [3.8, 4) is 0 Å². The summed E-state index contributed by atoms with van der Waals surface area (Å²) in [6.45, 7) is 7.34. The summed E-state index contributed by atoms with van der Waals surface area (Å²) in [5, 5.41) is 2.85. The summed E-state index contributed by atoms with van der Waals surface area (Å²) in [6.07, 6.45) is 0.850. The van der Waals surface area contributed by atoms with E-state index in [0.717, 1.165) is 18.7 Å². The molecule has 1 rings (SSSR count). The number of nitrogens with zero attached hydrogens (tertiary/aromatic N) is 2. The molecule has 0 saturated heterocycles. The van der Waals surface area contributed by atoms with Gasteiger partial charge in [0.25, 0.3) is 0 Å². The summed E-state index contributed by atoms with van der Waals surface area (Å²) < 4.78 is 0. The van der Waals surface area contributed by atoms with Crippen molar-refractivity contribution in [2.24, 2.45) is 0 Å². The standard InChI is InChI=1S/C18H29N3O2/c1-14(2)16-7-9-17(10-8-16)19-18(23)13-21(15(3)22)12-6-11-20(4)5/h7-10,14H,6,11-13H2,1-5H3,(H,19,23). The van der Waals surface area contributed by atoms with Gasteiger partial charge in [0.1, 0.15) is 0 Å². The number of benzene rings is 1. The van der Waals surface area contributed by atoms with E-state index in [-0.39, 0.29) is 18.4 Å². The predicted octanol–water partition coefficient (Wildman–Crippen LogP) is 2.55. The van der Waals surface area contributed by atoms with E-state index in [0.29, 0.717) is 12.5 Å². The minimum atomic E-state index is -0.164. The van der Waals surface area contributed by atoms with Crippen molar-refractivity contribution in [3.05, 3.63) is 29.8 Å². The summed E-state index contributed by atoms with van der Waals surface area (Å²) >= 11 is 0. The predicted molar refractivity (Wildman–Crippen MR) is 94.6 cm³/mol. The fourth-order valence-corrected chi connectivity index (χ4v) is 2.25. The lowest BCUT2D eigenvalue weighted by Gasteiger charge is -2.21. The molecule has 23 heavy (non-hydrogen) atoms. The van der Waals surface area contributed by atoms with Gasteiger partial charge >= 0.3 is 0 Å². The highest BCUT2D eigenvalue weighted by Gasteiger charge is 2.13. The number of amides is 2. The Morgan fingerprint density at radius 3 is 2.17 bits per heavy atom. The van der Waals surface area contributed by atoms with Gasteiger partial charge in [0, 0.05) is 19.2 Å². The summed E-state index contributed by atoms with van der Waals surface area (Å²) in [4.78, 5) is 27.4. The molecule has 0 spiro atoms. The first kappa shape index (κ1) is 19.2. The highest BCUT2D eigenvalue weighted by molar-refractivity contribution is 5.94. The summed E-state index contributed by atoms with van der Waals surface area (Å²) in [7, 11) is 3.98. The van der Waals surface area contributed by atoms with Crippen molar-refractivity contribution in [3.63, 3.8) is 0 Å². The molecular weight excluding hydrogens is 290 g/mol. The summed E-state index contributed by atoms with van der Waals surface area (Å²) in [5.41, 5.74) is 1.99. The molecule has 0 bridgehead atoms. The smallest absolute Gasteiger partial charge is 0.243 e. The SMILES string of the molecule is CC(=O)N(CCCN(C)C)CC(=O)Nc1ccc(C(C)C)cc1. The molecule has 0 unspecified atom stereocenters. The Morgan fingerprint density at radius 1 is 1.09 bits per heavy atom. The highest BCUT2D eigenvalue weighted by Crippen LogP contribution is 2.17. The molecule has 128 valence electrons. The van der Waals surface area contributed by atoms with Gasteiger partial charge in [0.15, 0.2) is 0 Å². The Bertz CT molecular complexity index is 510. The molecular formula is C18H29N3O2. The Morgan fingerprint density at radius 2 is 1.70 bits per heavy atom. The van der Waals surface area contributed by atoms with Gasteiger partial charge in [-0.2, -0.15) is 0 Å². The zero-order valence-electron chi connectivity index (χ0n) is 14.9. The van der Waals surface area contributed by atoms with Crippen molar-refractivity contribution < 1.29 is 9.59 Å². The Hall–Kier alpha value is -1.88. The molecule has 0 aliphatic rings. The van der Waals surface area contributed by atoms with E-state index >= 15 is 0 Å². The fourth-order valence-electron chi connectivity index (χ4n) is 2.25. The van der Waals surface area contributed by atoms with Crippen molar-refractivity contribution >= 4 is 17.5 Å². The van der Waals surface area contributed by atoms with E-state index < -0.39 is 0 Å². The van der Waals surface area contributed by atoms with Crippen LogP contribution in [-0.2, 0) is 9.59 Å². The minimum Gasteiger partial charge on any atom is -0.334 e. The van der Waals surface area contributed by atoms with Gasteiger partial charge in [-0.05, 0) is 50.7 Å². The van der Waals surface area contributed by atoms with E-state index in [2.05, 4.69) is 24.1 Å². The van der Waals surface area contributed by atoms with E-state index in [1.54, 1.807) is 4.90 Å². The Kier molecular flexibility index (Phi) is 7.75. The quantitative estimate of drug-likeness (QED) is 0.801. The molecule has 1 aromatic rings. The molecule has 0 aromatic heterocycles. The van der Waals surface area contributed by atoms with Crippen LogP contribution in [0.2, 0.25) is 0 Å². The second-order valence-electron chi connectivity index (χ2n) is 6.42. The molecule has 0 aliphatic carbocycles. The van der Waals surface area contributed by atoms with E-state index in [1.165, 1.54) is 12.5 Å². The second-order valence-corrected chi connectivity index (χ2v) is 6.42. The zero-order valence-corrected chi connectivity index (χ0v) is 14.9. The molecule has 1 N–H and O–H groups in total. The van der Waals surface area contributed by atoms with Crippen LogP contribution in [0, 0.1) is 0 Å². The average molecular weight is 319 g/mol. The summed E-state index contributed by atoms with van der Waals surface area (Å²) in [6, 6.07) is 7.83. The van der Waals surface area contributed by atoms with Gasteiger partial charge in [0.05, 0.1) is 6.54 Å². The maximum atomic E-state index is 12.1. The number of carbonyl (C=O) groups is 2. The lowest BCUT2D eigenvalue weighted by molar-refractivity contribution is -0.132. The van der Waals surface area contributed by atoms with Gasteiger partial charge in [0.2, 0.25) is 11.8 Å². The molecule has 0 saturated carbocycles. The van der Waals surface area contributed by atoms with Crippen LogP contribution in [-0.4, -0.2) is 55.3 Å². The monoisotopic (exact) mass is 319 g/mol. The van der Waals surface area contributed by atoms with E-state index in [4.69, 9.17) is 0 Å². The molecule has 5 nitrogen and oxygen atoms in total. The Balaban J connectivity index is 2.53. The van der Waals surface area contributed by atoms with Crippen LogP contribution in [0.4, 0.5) is 5.69 Å². The van der Waals surface area contributed by atoms with Crippen LogP contribution in [0.1, 0.15) is 38.7 Å². The number of rotatable bonds is 8. The van der Waals surface area contributed by atoms with Crippen molar-refractivity contribution in [1.29, 1.82) is 0 Å². The molecule has 2 amide bonds. The molecule has 5 heteroatoms.